The smallest absolute Gasteiger partial charge is 0.303 e. The van der Waals surface area contributed by atoms with Crippen LogP contribution in [-0.2, 0) is 4.79 Å². The van der Waals surface area contributed by atoms with Crippen LogP contribution in [0.5, 0.6) is 0 Å². The average molecular weight is 336 g/mol. The highest BCUT2D eigenvalue weighted by Gasteiger charge is 2.32. The van der Waals surface area contributed by atoms with Crippen molar-refractivity contribution in [1.29, 1.82) is 0 Å². The highest BCUT2D eigenvalue weighted by molar-refractivity contribution is 5.66. The van der Waals surface area contributed by atoms with Crippen molar-refractivity contribution in [3.05, 3.63) is 12.2 Å². The molecule has 0 radical (unpaired) electrons. The first-order valence-corrected chi connectivity index (χ1v) is 9.26. The molecule has 1 rings (SSSR count). The van der Waals surface area contributed by atoms with Gasteiger partial charge in [-0.15, -0.1) is 11.8 Å². The first kappa shape index (κ1) is 20.7. The standard InChI is InChI=1S/C20H32O4/c1-2-3-6-9-17(21)14-12-16-13-15-19(22)18(16)10-7-4-5-8-11-20(23)24/h12,14,16-19,21-22H,2-3,5-6,8-11,13,15H2,1H3,(H,23,24). The fourth-order valence-electron chi connectivity index (χ4n) is 3.18. The second kappa shape index (κ2) is 12.1. The quantitative estimate of drug-likeness (QED) is 0.324. The number of hydrogen-bond acceptors (Lipinski definition) is 3. The Labute approximate surface area is 146 Å². The maximum atomic E-state index is 10.4. The minimum atomic E-state index is -0.786. The Morgan fingerprint density at radius 2 is 2.04 bits per heavy atom. The highest BCUT2D eigenvalue weighted by atomic mass is 16.4. The van der Waals surface area contributed by atoms with Crippen LogP contribution in [0.4, 0.5) is 0 Å². The first-order valence-electron chi connectivity index (χ1n) is 9.26. The van der Waals surface area contributed by atoms with Gasteiger partial charge in [-0.3, -0.25) is 4.79 Å². The fourth-order valence-corrected chi connectivity index (χ4v) is 3.18. The molecule has 0 aromatic carbocycles. The minimum Gasteiger partial charge on any atom is -0.481 e. The molecule has 4 heteroatoms. The van der Waals surface area contributed by atoms with Crippen molar-refractivity contribution in [1.82, 2.24) is 0 Å². The summed E-state index contributed by atoms with van der Waals surface area (Å²) in [4.78, 5) is 10.4. The Morgan fingerprint density at radius 1 is 1.25 bits per heavy atom. The Kier molecular flexibility index (Phi) is 10.5. The summed E-state index contributed by atoms with van der Waals surface area (Å²) in [6.45, 7) is 2.15. The molecule has 0 bridgehead atoms. The van der Waals surface area contributed by atoms with Gasteiger partial charge in [0.1, 0.15) is 0 Å². The van der Waals surface area contributed by atoms with E-state index >= 15 is 0 Å². The van der Waals surface area contributed by atoms with Crippen molar-refractivity contribution in [3.8, 4) is 11.8 Å². The van der Waals surface area contributed by atoms with Crippen LogP contribution >= 0.6 is 0 Å². The lowest BCUT2D eigenvalue weighted by Gasteiger charge is -2.17. The zero-order valence-electron chi connectivity index (χ0n) is 14.8. The monoisotopic (exact) mass is 336 g/mol. The van der Waals surface area contributed by atoms with Crippen molar-refractivity contribution in [3.63, 3.8) is 0 Å². The second-order valence-corrected chi connectivity index (χ2v) is 6.73. The van der Waals surface area contributed by atoms with Crippen LogP contribution in [0.2, 0.25) is 0 Å². The van der Waals surface area contributed by atoms with Gasteiger partial charge in [-0.1, -0.05) is 38.3 Å². The predicted molar refractivity (Wildman–Crippen MR) is 95.4 cm³/mol. The van der Waals surface area contributed by atoms with Gasteiger partial charge in [-0.05, 0) is 31.6 Å². The summed E-state index contributed by atoms with van der Waals surface area (Å²) in [6.07, 6.45) is 11.0. The van der Waals surface area contributed by atoms with E-state index in [1.54, 1.807) is 0 Å². The molecular formula is C20H32O4. The van der Waals surface area contributed by atoms with Gasteiger partial charge in [-0.2, -0.15) is 0 Å². The molecule has 136 valence electrons. The molecule has 0 aromatic rings. The summed E-state index contributed by atoms with van der Waals surface area (Å²) < 4.78 is 0. The van der Waals surface area contributed by atoms with Crippen molar-refractivity contribution >= 4 is 5.97 Å². The van der Waals surface area contributed by atoms with E-state index in [2.05, 4.69) is 24.8 Å². The summed E-state index contributed by atoms with van der Waals surface area (Å²) in [5.41, 5.74) is 0. The van der Waals surface area contributed by atoms with Gasteiger partial charge in [0, 0.05) is 25.2 Å². The van der Waals surface area contributed by atoms with Gasteiger partial charge in [0.05, 0.1) is 12.2 Å². The van der Waals surface area contributed by atoms with Crippen molar-refractivity contribution in [2.45, 2.75) is 83.3 Å². The maximum absolute atomic E-state index is 10.4. The second-order valence-electron chi connectivity index (χ2n) is 6.73. The summed E-state index contributed by atoms with van der Waals surface area (Å²) in [6, 6.07) is 0. The highest BCUT2D eigenvalue weighted by Crippen LogP contribution is 2.35. The van der Waals surface area contributed by atoms with E-state index in [-0.39, 0.29) is 24.4 Å². The van der Waals surface area contributed by atoms with Crippen LogP contribution in [0.3, 0.4) is 0 Å². The van der Waals surface area contributed by atoms with E-state index < -0.39 is 12.1 Å². The van der Waals surface area contributed by atoms with E-state index in [0.29, 0.717) is 19.3 Å². The number of carboxylic acid groups (broad SMARTS) is 1. The van der Waals surface area contributed by atoms with Crippen LogP contribution in [0, 0.1) is 23.7 Å². The molecule has 1 saturated carbocycles. The molecule has 0 amide bonds. The number of rotatable bonds is 10. The molecule has 0 aliphatic heterocycles. The predicted octanol–water partition coefficient (Wildman–Crippen LogP) is 3.52. The maximum Gasteiger partial charge on any atom is 0.303 e. The van der Waals surface area contributed by atoms with E-state index in [0.717, 1.165) is 38.5 Å². The van der Waals surface area contributed by atoms with Gasteiger partial charge >= 0.3 is 5.97 Å². The molecule has 0 spiro atoms. The third-order valence-corrected chi connectivity index (χ3v) is 4.68. The molecule has 4 unspecified atom stereocenters. The molecule has 0 saturated heterocycles. The van der Waals surface area contributed by atoms with Crippen molar-refractivity contribution in [2.75, 3.05) is 0 Å². The van der Waals surface area contributed by atoms with Crippen molar-refractivity contribution in [2.24, 2.45) is 11.8 Å². The van der Waals surface area contributed by atoms with Gasteiger partial charge in [0.2, 0.25) is 0 Å². The number of carboxylic acids is 1. The first-order chi connectivity index (χ1) is 11.5. The Balaban J connectivity index is 2.38. The number of unbranched alkanes of at least 4 members (excludes halogenated alkanes) is 3. The molecule has 3 N–H and O–H groups in total. The largest absolute Gasteiger partial charge is 0.481 e. The molecule has 24 heavy (non-hydrogen) atoms. The summed E-state index contributed by atoms with van der Waals surface area (Å²) in [5, 5.41) is 28.7. The topological polar surface area (TPSA) is 77.8 Å². The average Bonchev–Trinajstić information content (AvgIpc) is 2.89. The van der Waals surface area contributed by atoms with Gasteiger partial charge in [0.25, 0.3) is 0 Å². The number of carbonyl (C=O) groups is 1. The summed E-state index contributed by atoms with van der Waals surface area (Å²) in [5.74, 6) is 5.71. The number of aliphatic hydroxyl groups is 2. The molecule has 0 aromatic heterocycles. The van der Waals surface area contributed by atoms with Crippen LogP contribution in [-0.4, -0.2) is 33.5 Å². The molecule has 1 aliphatic carbocycles. The Hall–Kier alpha value is -1.31. The number of aliphatic carboxylic acids is 1. The van der Waals surface area contributed by atoms with Crippen LogP contribution < -0.4 is 0 Å². The molecular weight excluding hydrogens is 304 g/mol. The van der Waals surface area contributed by atoms with Crippen LogP contribution in [0.25, 0.3) is 0 Å². The van der Waals surface area contributed by atoms with Gasteiger partial charge in [-0.25, -0.2) is 0 Å². The van der Waals surface area contributed by atoms with E-state index in [1.165, 1.54) is 0 Å². The summed E-state index contributed by atoms with van der Waals surface area (Å²) >= 11 is 0. The number of hydrogen-bond donors (Lipinski definition) is 3. The number of allylic oxidation sites excluding steroid dienone is 1. The third-order valence-electron chi connectivity index (χ3n) is 4.68. The lowest BCUT2D eigenvalue weighted by Crippen LogP contribution is -2.17. The Bertz CT molecular complexity index is 446. The zero-order valence-corrected chi connectivity index (χ0v) is 14.8. The van der Waals surface area contributed by atoms with E-state index in [1.807, 2.05) is 6.08 Å². The lowest BCUT2D eigenvalue weighted by atomic mass is 9.91. The van der Waals surface area contributed by atoms with Crippen LogP contribution in [0.15, 0.2) is 12.2 Å². The normalized spacial score (nSPS) is 24.7. The minimum absolute atomic E-state index is 0.121. The molecule has 1 fully saturated rings. The fraction of sp³-hybridized carbons (Fsp3) is 0.750. The molecule has 4 atom stereocenters. The van der Waals surface area contributed by atoms with Crippen LogP contribution in [0.1, 0.15) is 71.1 Å². The summed E-state index contributed by atoms with van der Waals surface area (Å²) in [7, 11) is 0. The van der Waals surface area contributed by atoms with E-state index in [4.69, 9.17) is 5.11 Å². The third kappa shape index (κ3) is 8.52. The molecule has 4 nitrogen and oxygen atoms in total. The Morgan fingerprint density at radius 3 is 2.75 bits per heavy atom. The van der Waals surface area contributed by atoms with Crippen molar-refractivity contribution < 1.29 is 20.1 Å². The lowest BCUT2D eigenvalue weighted by molar-refractivity contribution is -0.137. The van der Waals surface area contributed by atoms with E-state index in [9.17, 15) is 15.0 Å². The zero-order chi connectivity index (χ0) is 17.8. The molecule has 0 heterocycles. The molecule has 1 aliphatic rings. The number of aliphatic hydroxyl groups excluding tert-OH is 2. The van der Waals surface area contributed by atoms with Gasteiger partial charge in [0.15, 0.2) is 0 Å². The van der Waals surface area contributed by atoms with Gasteiger partial charge < -0.3 is 15.3 Å². The SMILES string of the molecule is CCCCCC(O)C=CC1CCC(O)C1CC#CCCCC(=O)O.